The molecule has 0 aliphatic carbocycles. The van der Waals surface area contributed by atoms with Gasteiger partial charge in [0.15, 0.2) is 0 Å². The number of hydrogen-bond acceptors (Lipinski definition) is 2. The minimum atomic E-state index is 0.551. The Hall–Kier alpha value is -0.0800. The molecule has 2 unspecified atom stereocenters. The monoisotopic (exact) mass is 185 g/mol. The third-order valence-electron chi connectivity index (χ3n) is 2.75. The molecule has 1 rings (SSSR count). The third kappa shape index (κ3) is 4.63. The summed E-state index contributed by atoms with van der Waals surface area (Å²) in [5.41, 5.74) is 0. The number of hydrogen-bond donors (Lipinski definition) is 1. The van der Waals surface area contributed by atoms with Crippen LogP contribution in [0.15, 0.2) is 0 Å². The Morgan fingerprint density at radius 2 is 2.31 bits per heavy atom. The second kappa shape index (κ2) is 6.39. The van der Waals surface area contributed by atoms with Crippen molar-refractivity contribution in [3.63, 3.8) is 0 Å². The molecular weight excluding hydrogens is 162 g/mol. The van der Waals surface area contributed by atoms with E-state index in [1.54, 1.807) is 0 Å². The Balaban J connectivity index is 2.03. The van der Waals surface area contributed by atoms with Gasteiger partial charge in [-0.05, 0) is 45.6 Å². The van der Waals surface area contributed by atoms with Crippen molar-refractivity contribution in [2.45, 2.75) is 58.1 Å². The quantitative estimate of drug-likeness (QED) is 0.710. The van der Waals surface area contributed by atoms with E-state index >= 15 is 0 Å². The summed E-state index contributed by atoms with van der Waals surface area (Å²) >= 11 is 0. The molecule has 1 fully saturated rings. The van der Waals surface area contributed by atoms with Gasteiger partial charge in [0, 0.05) is 12.6 Å². The zero-order chi connectivity index (χ0) is 9.52. The third-order valence-corrected chi connectivity index (χ3v) is 2.75. The van der Waals surface area contributed by atoms with Crippen LogP contribution in [-0.2, 0) is 4.74 Å². The van der Waals surface area contributed by atoms with Crippen LogP contribution >= 0.6 is 0 Å². The van der Waals surface area contributed by atoms with E-state index in [9.17, 15) is 0 Å². The van der Waals surface area contributed by atoms with Crippen LogP contribution < -0.4 is 5.32 Å². The summed E-state index contributed by atoms with van der Waals surface area (Å²) in [4.78, 5) is 0. The lowest BCUT2D eigenvalue weighted by atomic mass is 10.0. The Morgan fingerprint density at radius 1 is 1.46 bits per heavy atom. The molecule has 13 heavy (non-hydrogen) atoms. The minimum Gasteiger partial charge on any atom is -0.378 e. The van der Waals surface area contributed by atoms with Gasteiger partial charge in [-0.2, -0.15) is 0 Å². The first-order chi connectivity index (χ1) is 6.33. The lowest BCUT2D eigenvalue weighted by molar-refractivity contribution is 0.00888. The van der Waals surface area contributed by atoms with Crippen molar-refractivity contribution in [2.75, 3.05) is 13.2 Å². The lowest BCUT2D eigenvalue weighted by Crippen LogP contribution is -2.28. The summed E-state index contributed by atoms with van der Waals surface area (Å²) < 4.78 is 5.68. The molecule has 0 bridgehead atoms. The van der Waals surface area contributed by atoms with Crippen LogP contribution in [0.25, 0.3) is 0 Å². The molecular formula is C11H23NO. The van der Waals surface area contributed by atoms with Gasteiger partial charge in [0.1, 0.15) is 0 Å². The lowest BCUT2D eigenvalue weighted by Gasteiger charge is -2.23. The Morgan fingerprint density at radius 3 is 2.92 bits per heavy atom. The van der Waals surface area contributed by atoms with Crippen LogP contribution in [0.5, 0.6) is 0 Å². The van der Waals surface area contributed by atoms with Crippen molar-refractivity contribution in [3.8, 4) is 0 Å². The molecule has 0 spiro atoms. The van der Waals surface area contributed by atoms with E-state index in [1.807, 2.05) is 0 Å². The Bertz CT molecular complexity index is 121. The molecule has 1 N–H and O–H groups in total. The molecule has 0 aromatic carbocycles. The average Bonchev–Trinajstić information content (AvgIpc) is 2.17. The fraction of sp³-hybridized carbons (Fsp3) is 1.00. The molecule has 0 aromatic heterocycles. The van der Waals surface area contributed by atoms with E-state index in [4.69, 9.17) is 4.74 Å². The predicted molar refractivity (Wildman–Crippen MR) is 56.0 cm³/mol. The molecule has 0 saturated carbocycles. The summed E-state index contributed by atoms with van der Waals surface area (Å²) in [5.74, 6) is 0. The highest BCUT2D eigenvalue weighted by Crippen LogP contribution is 2.17. The first kappa shape index (κ1) is 11.0. The standard InChI is InChI=1S/C11H23NO/c1-3-12-10(2)7-8-11-6-4-5-9-13-11/h10-12H,3-9H2,1-2H3. The molecule has 2 nitrogen and oxygen atoms in total. The van der Waals surface area contributed by atoms with Gasteiger partial charge in [-0.1, -0.05) is 6.92 Å². The highest BCUT2D eigenvalue weighted by Gasteiger charge is 2.14. The molecule has 1 aliphatic heterocycles. The maximum absolute atomic E-state index is 5.68. The highest BCUT2D eigenvalue weighted by atomic mass is 16.5. The largest absolute Gasteiger partial charge is 0.378 e. The SMILES string of the molecule is CCNC(C)CCC1CCCCO1. The summed E-state index contributed by atoms with van der Waals surface area (Å²) in [6.45, 7) is 6.48. The van der Waals surface area contributed by atoms with Gasteiger partial charge < -0.3 is 10.1 Å². The van der Waals surface area contributed by atoms with Gasteiger partial charge in [0.25, 0.3) is 0 Å². The average molecular weight is 185 g/mol. The van der Waals surface area contributed by atoms with Crippen molar-refractivity contribution >= 4 is 0 Å². The first-order valence-corrected chi connectivity index (χ1v) is 5.68. The molecule has 2 atom stereocenters. The maximum Gasteiger partial charge on any atom is 0.0575 e. The second-order valence-electron chi connectivity index (χ2n) is 4.02. The normalized spacial score (nSPS) is 25.8. The summed E-state index contributed by atoms with van der Waals surface area (Å²) in [5, 5.41) is 3.43. The van der Waals surface area contributed by atoms with Crippen LogP contribution in [0.2, 0.25) is 0 Å². The summed E-state index contributed by atoms with van der Waals surface area (Å²) in [7, 11) is 0. The molecule has 0 radical (unpaired) electrons. The van der Waals surface area contributed by atoms with E-state index in [0.29, 0.717) is 12.1 Å². The zero-order valence-corrected chi connectivity index (χ0v) is 9.01. The van der Waals surface area contributed by atoms with Crippen molar-refractivity contribution in [3.05, 3.63) is 0 Å². The molecule has 78 valence electrons. The van der Waals surface area contributed by atoms with Crippen LogP contribution in [0.3, 0.4) is 0 Å². The second-order valence-corrected chi connectivity index (χ2v) is 4.02. The van der Waals surface area contributed by atoms with Crippen LogP contribution in [0.1, 0.15) is 46.0 Å². The number of nitrogens with one attached hydrogen (secondary N) is 1. The van der Waals surface area contributed by atoms with E-state index < -0.39 is 0 Å². The Labute approximate surface area is 82.0 Å². The predicted octanol–water partition coefficient (Wildman–Crippen LogP) is 2.33. The molecule has 0 amide bonds. The summed E-state index contributed by atoms with van der Waals surface area (Å²) in [6, 6.07) is 0.649. The van der Waals surface area contributed by atoms with Crippen molar-refractivity contribution in [2.24, 2.45) is 0 Å². The number of rotatable bonds is 5. The van der Waals surface area contributed by atoms with Gasteiger partial charge in [-0.3, -0.25) is 0 Å². The van der Waals surface area contributed by atoms with Crippen LogP contribution in [0.4, 0.5) is 0 Å². The van der Waals surface area contributed by atoms with Crippen LogP contribution in [-0.4, -0.2) is 25.3 Å². The van der Waals surface area contributed by atoms with Crippen LogP contribution in [0, 0.1) is 0 Å². The fourth-order valence-electron chi connectivity index (χ4n) is 1.92. The number of ether oxygens (including phenoxy) is 1. The zero-order valence-electron chi connectivity index (χ0n) is 9.01. The smallest absolute Gasteiger partial charge is 0.0575 e. The van der Waals surface area contributed by atoms with Gasteiger partial charge >= 0.3 is 0 Å². The van der Waals surface area contributed by atoms with E-state index in [0.717, 1.165) is 13.2 Å². The molecule has 1 aliphatic rings. The fourth-order valence-corrected chi connectivity index (χ4v) is 1.92. The maximum atomic E-state index is 5.68. The summed E-state index contributed by atoms with van der Waals surface area (Å²) in [6.07, 6.45) is 6.93. The van der Waals surface area contributed by atoms with Crippen molar-refractivity contribution in [1.29, 1.82) is 0 Å². The molecule has 2 heteroatoms. The minimum absolute atomic E-state index is 0.551. The first-order valence-electron chi connectivity index (χ1n) is 5.68. The molecule has 0 aromatic rings. The molecule has 1 saturated heterocycles. The topological polar surface area (TPSA) is 21.3 Å². The van der Waals surface area contributed by atoms with E-state index in [2.05, 4.69) is 19.2 Å². The highest BCUT2D eigenvalue weighted by molar-refractivity contribution is 4.67. The van der Waals surface area contributed by atoms with Gasteiger partial charge in [-0.15, -0.1) is 0 Å². The van der Waals surface area contributed by atoms with Gasteiger partial charge in [-0.25, -0.2) is 0 Å². The van der Waals surface area contributed by atoms with E-state index in [1.165, 1.54) is 32.1 Å². The molecule has 1 heterocycles. The van der Waals surface area contributed by atoms with E-state index in [-0.39, 0.29) is 0 Å². The van der Waals surface area contributed by atoms with Crippen molar-refractivity contribution in [1.82, 2.24) is 5.32 Å². The van der Waals surface area contributed by atoms with Gasteiger partial charge in [0.2, 0.25) is 0 Å². The Kier molecular flexibility index (Phi) is 5.40. The van der Waals surface area contributed by atoms with Crippen molar-refractivity contribution < 1.29 is 4.74 Å². The van der Waals surface area contributed by atoms with Gasteiger partial charge in [0.05, 0.1) is 6.10 Å².